The Morgan fingerprint density at radius 3 is 2.27 bits per heavy atom. The number of hydrogen-bond acceptors (Lipinski definition) is 6. The van der Waals surface area contributed by atoms with Crippen LogP contribution in [0, 0.1) is 5.92 Å². The molecule has 3 aromatic carbocycles. The molecule has 5 rings (SSSR count). The van der Waals surface area contributed by atoms with Crippen molar-refractivity contribution >= 4 is 5.91 Å². The molecule has 7 nitrogen and oxygen atoms in total. The van der Waals surface area contributed by atoms with Crippen LogP contribution in [0.25, 0.3) is 0 Å². The summed E-state index contributed by atoms with van der Waals surface area (Å²) in [6, 6.07) is 18.7. The van der Waals surface area contributed by atoms with Crippen LogP contribution in [0.1, 0.15) is 53.2 Å². The van der Waals surface area contributed by atoms with Gasteiger partial charge < -0.3 is 24.3 Å². The van der Waals surface area contributed by atoms with Crippen LogP contribution in [0.3, 0.4) is 0 Å². The van der Waals surface area contributed by atoms with Crippen molar-refractivity contribution < 1.29 is 23.7 Å². The lowest BCUT2D eigenvalue weighted by Gasteiger charge is -2.38. The number of benzene rings is 3. The van der Waals surface area contributed by atoms with E-state index in [4.69, 9.17) is 18.9 Å². The molecule has 212 valence electrons. The fourth-order valence-corrected chi connectivity index (χ4v) is 6.28. The minimum absolute atomic E-state index is 0.0246. The number of carbonyl (C=O) groups is 1. The van der Waals surface area contributed by atoms with Gasteiger partial charge in [-0.2, -0.15) is 0 Å². The number of nitrogens with one attached hydrogen (secondary N) is 1. The molecule has 1 N–H and O–H groups in total. The summed E-state index contributed by atoms with van der Waals surface area (Å²) in [6.45, 7) is 3.32. The zero-order valence-electron chi connectivity index (χ0n) is 24.2. The van der Waals surface area contributed by atoms with Gasteiger partial charge in [0.15, 0.2) is 23.0 Å². The molecule has 0 saturated carbocycles. The topological polar surface area (TPSA) is 69.3 Å². The largest absolute Gasteiger partial charge is 0.493 e. The van der Waals surface area contributed by atoms with Crippen LogP contribution in [0.15, 0.2) is 54.6 Å². The molecular formula is C33H40N2O5. The molecule has 0 spiro atoms. The molecule has 0 fully saturated rings. The Kier molecular flexibility index (Phi) is 8.50. The summed E-state index contributed by atoms with van der Waals surface area (Å²) in [4.78, 5) is 15.9. The number of amides is 1. The van der Waals surface area contributed by atoms with Gasteiger partial charge in [0.1, 0.15) is 0 Å². The molecule has 0 bridgehead atoms. The van der Waals surface area contributed by atoms with E-state index in [9.17, 15) is 4.79 Å². The Labute approximate surface area is 237 Å². The van der Waals surface area contributed by atoms with Gasteiger partial charge in [0.2, 0.25) is 5.91 Å². The number of nitrogens with zero attached hydrogens (tertiary/aromatic N) is 1. The maximum atomic E-state index is 13.6. The molecule has 2 aliphatic rings. The second-order valence-corrected chi connectivity index (χ2v) is 10.8. The van der Waals surface area contributed by atoms with Gasteiger partial charge in [-0.1, -0.05) is 37.3 Å². The van der Waals surface area contributed by atoms with Gasteiger partial charge in [-0.3, -0.25) is 9.69 Å². The maximum absolute atomic E-state index is 13.6. The maximum Gasteiger partial charge on any atom is 0.234 e. The van der Waals surface area contributed by atoms with Gasteiger partial charge in [0.25, 0.3) is 0 Å². The van der Waals surface area contributed by atoms with Gasteiger partial charge in [-0.25, -0.2) is 0 Å². The molecule has 3 unspecified atom stereocenters. The number of hydrogen-bond donors (Lipinski definition) is 1. The summed E-state index contributed by atoms with van der Waals surface area (Å²) in [6.07, 6.45) is 3.67. The monoisotopic (exact) mass is 544 g/mol. The minimum atomic E-state index is -0.0246. The first-order chi connectivity index (χ1) is 19.4. The van der Waals surface area contributed by atoms with E-state index >= 15 is 0 Å². The smallest absolute Gasteiger partial charge is 0.234 e. The van der Waals surface area contributed by atoms with Crippen LogP contribution in [-0.2, 0) is 24.1 Å². The molecule has 1 amide bonds. The van der Waals surface area contributed by atoms with Crippen LogP contribution in [0.5, 0.6) is 23.0 Å². The van der Waals surface area contributed by atoms with Crippen molar-refractivity contribution in [3.8, 4) is 23.0 Å². The van der Waals surface area contributed by atoms with E-state index < -0.39 is 0 Å². The minimum Gasteiger partial charge on any atom is -0.493 e. The zero-order chi connectivity index (χ0) is 28.2. The summed E-state index contributed by atoms with van der Waals surface area (Å²) in [5, 5.41) is 3.39. The predicted molar refractivity (Wildman–Crippen MR) is 156 cm³/mol. The summed E-state index contributed by atoms with van der Waals surface area (Å²) < 4.78 is 22.3. The SMILES string of the molecule is COc1ccc(CC2c3cc(OC)c(OC)cc3CCN2CC(=O)NC2c3ccccc3CCC2C)cc1OC. The Hall–Kier alpha value is -3.71. The molecule has 0 aromatic heterocycles. The van der Waals surface area contributed by atoms with Crippen LogP contribution < -0.4 is 24.3 Å². The Morgan fingerprint density at radius 2 is 1.52 bits per heavy atom. The molecule has 40 heavy (non-hydrogen) atoms. The lowest BCUT2D eigenvalue weighted by Crippen LogP contribution is -2.45. The molecule has 7 heteroatoms. The summed E-state index contributed by atoms with van der Waals surface area (Å²) in [7, 11) is 6.61. The first kappa shape index (κ1) is 27.8. The van der Waals surface area contributed by atoms with Crippen LogP contribution >= 0.6 is 0 Å². The molecule has 0 radical (unpaired) electrons. The number of carbonyl (C=O) groups excluding carboxylic acids is 1. The third-order valence-electron chi connectivity index (χ3n) is 8.48. The normalized spacial score (nSPS) is 20.2. The van der Waals surface area contributed by atoms with Crippen molar-refractivity contribution in [2.24, 2.45) is 5.92 Å². The molecule has 3 atom stereocenters. The third-order valence-corrected chi connectivity index (χ3v) is 8.48. The van der Waals surface area contributed by atoms with Crippen molar-refractivity contribution in [3.63, 3.8) is 0 Å². The summed E-state index contributed by atoms with van der Waals surface area (Å²) in [5.74, 6) is 3.24. The van der Waals surface area contributed by atoms with Crippen LogP contribution in [-0.4, -0.2) is 52.3 Å². The highest BCUT2D eigenvalue weighted by molar-refractivity contribution is 5.79. The zero-order valence-corrected chi connectivity index (χ0v) is 24.2. The van der Waals surface area contributed by atoms with Gasteiger partial charge >= 0.3 is 0 Å². The van der Waals surface area contributed by atoms with Crippen LogP contribution in [0.4, 0.5) is 0 Å². The van der Waals surface area contributed by atoms with Gasteiger partial charge in [-0.05, 0) is 83.7 Å². The quantitative estimate of drug-likeness (QED) is 0.394. The molecule has 1 heterocycles. The lowest BCUT2D eigenvalue weighted by molar-refractivity contribution is -0.124. The average molecular weight is 545 g/mol. The van der Waals surface area contributed by atoms with Gasteiger partial charge in [-0.15, -0.1) is 0 Å². The van der Waals surface area contributed by atoms with Crippen molar-refractivity contribution in [1.29, 1.82) is 0 Å². The number of fused-ring (bicyclic) bond motifs is 2. The standard InChI is InChI=1S/C33H40N2O5/c1-21-10-12-23-8-6-7-9-25(23)33(21)34-32(36)20-35-15-14-24-18-30(39-4)31(40-5)19-26(24)27(35)16-22-11-13-28(37-2)29(17-22)38-3/h6-9,11,13,17-19,21,27,33H,10,12,14-16,20H2,1-5H3,(H,34,36). The third kappa shape index (κ3) is 5.61. The Bertz CT molecular complexity index is 1360. The van der Waals surface area contributed by atoms with E-state index in [0.717, 1.165) is 42.7 Å². The predicted octanol–water partition coefficient (Wildman–Crippen LogP) is 5.30. The first-order valence-electron chi connectivity index (χ1n) is 14.0. The highest BCUT2D eigenvalue weighted by Gasteiger charge is 2.33. The summed E-state index contributed by atoms with van der Waals surface area (Å²) in [5.41, 5.74) is 6.06. The number of methoxy groups -OCH3 is 4. The second-order valence-electron chi connectivity index (χ2n) is 10.8. The molecule has 0 saturated heterocycles. The number of aryl methyl sites for hydroxylation is 1. The van der Waals surface area contributed by atoms with Crippen molar-refractivity contribution in [2.45, 2.75) is 44.7 Å². The molecule has 1 aliphatic heterocycles. The van der Waals surface area contributed by atoms with Crippen molar-refractivity contribution in [1.82, 2.24) is 10.2 Å². The van der Waals surface area contributed by atoms with E-state index in [1.54, 1.807) is 28.4 Å². The molecule has 1 aliphatic carbocycles. The van der Waals surface area contributed by atoms with Crippen LogP contribution in [0.2, 0.25) is 0 Å². The van der Waals surface area contributed by atoms with E-state index in [-0.39, 0.29) is 18.0 Å². The van der Waals surface area contributed by atoms with Gasteiger partial charge in [0, 0.05) is 12.6 Å². The first-order valence-corrected chi connectivity index (χ1v) is 14.0. The van der Waals surface area contributed by atoms with Crippen molar-refractivity contribution in [3.05, 3.63) is 82.4 Å². The highest BCUT2D eigenvalue weighted by atomic mass is 16.5. The van der Waals surface area contributed by atoms with E-state index in [1.165, 1.54) is 16.7 Å². The fraction of sp³-hybridized carbons (Fsp3) is 0.424. The number of rotatable bonds is 9. The fourth-order valence-electron chi connectivity index (χ4n) is 6.28. The second kappa shape index (κ2) is 12.2. The highest BCUT2D eigenvalue weighted by Crippen LogP contribution is 2.40. The van der Waals surface area contributed by atoms with Crippen molar-refractivity contribution in [2.75, 3.05) is 41.5 Å². The Morgan fingerprint density at radius 1 is 0.825 bits per heavy atom. The Balaban J connectivity index is 1.43. The van der Waals surface area contributed by atoms with E-state index in [2.05, 4.69) is 59.6 Å². The summed E-state index contributed by atoms with van der Waals surface area (Å²) >= 11 is 0. The van der Waals surface area contributed by atoms with E-state index in [0.29, 0.717) is 36.1 Å². The van der Waals surface area contributed by atoms with E-state index in [1.807, 2.05) is 12.1 Å². The van der Waals surface area contributed by atoms with Gasteiger partial charge in [0.05, 0.1) is 41.0 Å². The average Bonchev–Trinajstić information content (AvgIpc) is 2.98. The number of ether oxygens (including phenoxy) is 4. The molecule has 3 aromatic rings. The molecular weight excluding hydrogens is 504 g/mol. The lowest BCUT2D eigenvalue weighted by atomic mass is 9.80.